The number of benzene rings is 1. The highest BCUT2D eigenvalue weighted by atomic mass is 35.5. The predicted molar refractivity (Wildman–Crippen MR) is 95.4 cm³/mol. The van der Waals surface area contributed by atoms with Gasteiger partial charge in [0.1, 0.15) is 5.69 Å². The van der Waals surface area contributed by atoms with Crippen LogP contribution in [0.5, 0.6) is 0 Å². The molecule has 0 saturated heterocycles. The zero-order valence-electron chi connectivity index (χ0n) is 13.8. The molecule has 1 amide bonds. The van der Waals surface area contributed by atoms with Gasteiger partial charge < -0.3 is 15.4 Å². The SMILES string of the molecule is C=CCNC(=O)c1cc(C)nc(Nc2cc(C(=O)OC)ccc2Cl)n1. The molecule has 0 aliphatic carbocycles. The molecule has 1 aromatic carbocycles. The number of amides is 1. The van der Waals surface area contributed by atoms with E-state index in [0.717, 1.165) is 0 Å². The number of nitrogens with one attached hydrogen (secondary N) is 2. The maximum absolute atomic E-state index is 12.0. The smallest absolute Gasteiger partial charge is 0.337 e. The molecule has 0 unspecified atom stereocenters. The number of hydrogen-bond donors (Lipinski definition) is 2. The van der Waals surface area contributed by atoms with Crippen molar-refractivity contribution in [3.05, 3.63) is 58.9 Å². The first-order chi connectivity index (χ1) is 11.9. The molecule has 0 saturated carbocycles. The van der Waals surface area contributed by atoms with Gasteiger partial charge in [0, 0.05) is 12.2 Å². The number of halogens is 1. The predicted octanol–water partition coefficient (Wildman–Crippen LogP) is 2.88. The Labute approximate surface area is 150 Å². The minimum atomic E-state index is -0.491. The number of esters is 1. The fourth-order valence-corrected chi connectivity index (χ4v) is 2.15. The lowest BCUT2D eigenvalue weighted by Crippen LogP contribution is -2.24. The van der Waals surface area contributed by atoms with Crippen LogP contribution < -0.4 is 10.6 Å². The van der Waals surface area contributed by atoms with Gasteiger partial charge in [0.2, 0.25) is 5.95 Å². The number of anilines is 2. The topological polar surface area (TPSA) is 93.2 Å². The summed E-state index contributed by atoms with van der Waals surface area (Å²) in [5.74, 6) is -0.648. The molecule has 7 nitrogen and oxygen atoms in total. The van der Waals surface area contributed by atoms with Crippen LogP contribution in [-0.4, -0.2) is 35.5 Å². The second-order valence-electron chi connectivity index (χ2n) is 5.03. The first kappa shape index (κ1) is 18.4. The summed E-state index contributed by atoms with van der Waals surface area (Å²) in [6, 6.07) is 6.20. The zero-order valence-corrected chi connectivity index (χ0v) is 14.6. The fourth-order valence-electron chi connectivity index (χ4n) is 1.98. The van der Waals surface area contributed by atoms with Gasteiger partial charge in [-0.25, -0.2) is 14.8 Å². The Kier molecular flexibility index (Phi) is 6.08. The number of methoxy groups -OCH3 is 1. The second kappa shape index (κ2) is 8.25. The van der Waals surface area contributed by atoms with Crippen LogP contribution in [0.15, 0.2) is 36.9 Å². The first-order valence-electron chi connectivity index (χ1n) is 7.34. The van der Waals surface area contributed by atoms with Crippen molar-refractivity contribution in [2.24, 2.45) is 0 Å². The third kappa shape index (κ3) is 4.77. The van der Waals surface area contributed by atoms with E-state index < -0.39 is 5.97 Å². The summed E-state index contributed by atoms with van der Waals surface area (Å²) < 4.78 is 4.69. The Morgan fingerprint density at radius 2 is 2.08 bits per heavy atom. The summed E-state index contributed by atoms with van der Waals surface area (Å²) in [6.45, 7) is 5.61. The summed E-state index contributed by atoms with van der Waals surface area (Å²) >= 11 is 6.14. The molecule has 2 rings (SSSR count). The number of carbonyl (C=O) groups is 2. The Morgan fingerprint density at radius 1 is 1.32 bits per heavy atom. The van der Waals surface area contributed by atoms with Gasteiger partial charge in [-0.3, -0.25) is 4.79 Å². The molecule has 0 aliphatic rings. The number of carbonyl (C=O) groups excluding carboxylic acids is 2. The summed E-state index contributed by atoms with van der Waals surface area (Å²) in [5.41, 5.74) is 1.55. The van der Waals surface area contributed by atoms with E-state index in [1.54, 1.807) is 31.2 Å². The van der Waals surface area contributed by atoms with E-state index in [2.05, 4.69) is 31.9 Å². The van der Waals surface area contributed by atoms with E-state index in [1.165, 1.54) is 13.2 Å². The van der Waals surface area contributed by atoms with Gasteiger partial charge in [-0.15, -0.1) is 6.58 Å². The molecule has 130 valence electrons. The lowest BCUT2D eigenvalue weighted by molar-refractivity contribution is 0.0600. The Morgan fingerprint density at radius 3 is 2.76 bits per heavy atom. The molecule has 0 radical (unpaired) electrons. The number of hydrogen-bond acceptors (Lipinski definition) is 6. The molecule has 0 atom stereocenters. The molecule has 2 aromatic rings. The molecular formula is C17H17ClN4O3. The third-order valence-electron chi connectivity index (χ3n) is 3.13. The zero-order chi connectivity index (χ0) is 18.4. The lowest BCUT2D eigenvalue weighted by atomic mass is 10.2. The average molecular weight is 361 g/mol. The van der Waals surface area contributed by atoms with Crippen LogP contribution in [0.25, 0.3) is 0 Å². The standard InChI is InChI=1S/C17H17ClN4O3/c1-4-7-19-15(23)14-8-10(2)20-17(22-14)21-13-9-11(16(24)25-3)5-6-12(13)18/h4-6,8-9H,1,7H2,2-3H3,(H,19,23)(H,20,21,22). The fraction of sp³-hybridized carbons (Fsp3) is 0.176. The van der Waals surface area contributed by atoms with Crippen LogP contribution in [0, 0.1) is 6.92 Å². The van der Waals surface area contributed by atoms with Gasteiger partial charge in [-0.05, 0) is 31.2 Å². The molecule has 8 heteroatoms. The van der Waals surface area contributed by atoms with E-state index in [-0.39, 0.29) is 17.5 Å². The minimum absolute atomic E-state index is 0.188. The molecule has 0 aliphatic heterocycles. The normalized spacial score (nSPS) is 10.0. The van der Waals surface area contributed by atoms with Gasteiger partial charge >= 0.3 is 5.97 Å². The Balaban J connectivity index is 2.31. The highest BCUT2D eigenvalue weighted by molar-refractivity contribution is 6.33. The van der Waals surface area contributed by atoms with E-state index in [9.17, 15) is 9.59 Å². The number of aromatic nitrogens is 2. The molecule has 1 heterocycles. The largest absolute Gasteiger partial charge is 0.465 e. The third-order valence-corrected chi connectivity index (χ3v) is 3.46. The van der Waals surface area contributed by atoms with Gasteiger partial charge in [-0.2, -0.15) is 0 Å². The minimum Gasteiger partial charge on any atom is -0.465 e. The second-order valence-corrected chi connectivity index (χ2v) is 5.44. The van der Waals surface area contributed by atoms with Crippen LogP contribution in [0.3, 0.4) is 0 Å². The highest BCUT2D eigenvalue weighted by Gasteiger charge is 2.13. The van der Waals surface area contributed by atoms with Crippen LogP contribution in [0.4, 0.5) is 11.6 Å². The molecule has 1 aromatic heterocycles. The van der Waals surface area contributed by atoms with Crippen molar-refractivity contribution in [3.63, 3.8) is 0 Å². The van der Waals surface area contributed by atoms with Gasteiger partial charge in [0.25, 0.3) is 5.91 Å². The highest BCUT2D eigenvalue weighted by Crippen LogP contribution is 2.26. The van der Waals surface area contributed by atoms with Crippen LogP contribution in [0.1, 0.15) is 26.5 Å². The molecule has 0 spiro atoms. The van der Waals surface area contributed by atoms with E-state index in [0.29, 0.717) is 28.5 Å². The van der Waals surface area contributed by atoms with Crippen molar-refractivity contribution in [2.45, 2.75) is 6.92 Å². The maximum Gasteiger partial charge on any atom is 0.337 e. The molecule has 25 heavy (non-hydrogen) atoms. The lowest BCUT2D eigenvalue weighted by Gasteiger charge is -2.10. The van der Waals surface area contributed by atoms with Crippen molar-refractivity contribution in [3.8, 4) is 0 Å². The summed E-state index contributed by atoms with van der Waals surface area (Å²) in [5, 5.41) is 5.94. The van der Waals surface area contributed by atoms with Crippen molar-refractivity contribution in [2.75, 3.05) is 19.0 Å². The van der Waals surface area contributed by atoms with Crippen molar-refractivity contribution in [1.82, 2.24) is 15.3 Å². The molecule has 0 fully saturated rings. The van der Waals surface area contributed by atoms with Crippen LogP contribution >= 0.6 is 11.6 Å². The summed E-state index contributed by atoms with van der Waals surface area (Å²) in [6.07, 6.45) is 1.57. The van der Waals surface area contributed by atoms with Gasteiger partial charge in [0.15, 0.2) is 0 Å². The maximum atomic E-state index is 12.0. The van der Waals surface area contributed by atoms with Crippen molar-refractivity contribution < 1.29 is 14.3 Å². The average Bonchev–Trinajstić information content (AvgIpc) is 2.60. The van der Waals surface area contributed by atoms with Crippen molar-refractivity contribution in [1.29, 1.82) is 0 Å². The molecule has 0 bridgehead atoms. The van der Waals surface area contributed by atoms with E-state index in [1.807, 2.05) is 0 Å². The number of nitrogens with zero attached hydrogens (tertiary/aromatic N) is 2. The number of aryl methyl sites for hydroxylation is 1. The molecule has 2 N–H and O–H groups in total. The van der Waals surface area contributed by atoms with E-state index >= 15 is 0 Å². The van der Waals surface area contributed by atoms with Gasteiger partial charge in [-0.1, -0.05) is 17.7 Å². The summed E-state index contributed by atoms with van der Waals surface area (Å²) in [7, 11) is 1.29. The van der Waals surface area contributed by atoms with E-state index in [4.69, 9.17) is 11.6 Å². The van der Waals surface area contributed by atoms with Crippen LogP contribution in [0.2, 0.25) is 5.02 Å². The van der Waals surface area contributed by atoms with Crippen molar-refractivity contribution >= 4 is 35.1 Å². The summed E-state index contributed by atoms with van der Waals surface area (Å²) in [4.78, 5) is 32.1. The quantitative estimate of drug-likeness (QED) is 0.607. The molecular weight excluding hydrogens is 344 g/mol. The number of ether oxygens (including phenoxy) is 1. The van der Waals surface area contributed by atoms with Gasteiger partial charge in [0.05, 0.1) is 23.4 Å². The Hall–Kier alpha value is -2.93. The first-order valence-corrected chi connectivity index (χ1v) is 7.72. The monoisotopic (exact) mass is 360 g/mol. The Bertz CT molecular complexity index is 824. The number of rotatable bonds is 6. The van der Waals surface area contributed by atoms with Crippen LogP contribution in [-0.2, 0) is 4.74 Å².